The number of likely N-dealkylation sites (tertiary alicyclic amines) is 2. The van der Waals surface area contributed by atoms with Gasteiger partial charge in [0.15, 0.2) is 0 Å². The van der Waals surface area contributed by atoms with E-state index in [1.165, 1.54) is 0 Å². The molecule has 0 bridgehead atoms. The lowest BCUT2D eigenvalue weighted by molar-refractivity contribution is 0.0406. The van der Waals surface area contributed by atoms with Crippen molar-refractivity contribution in [3.05, 3.63) is 0 Å². The number of rotatable bonds is 4. The van der Waals surface area contributed by atoms with Gasteiger partial charge in [0.05, 0.1) is 0 Å². The number of carbonyl (C=O) groups is 1. The molecule has 2 amide bonds. The van der Waals surface area contributed by atoms with Crippen molar-refractivity contribution in [2.45, 2.75) is 0 Å². The number of amides is 2. The predicted octanol–water partition coefficient (Wildman–Crippen LogP) is 0.0932. The molecule has 0 aromatic heterocycles. The Labute approximate surface area is 110 Å². The lowest BCUT2D eigenvalue weighted by atomic mass is 9.97. The molecule has 5 nitrogen and oxygen atoms in total. The van der Waals surface area contributed by atoms with Crippen LogP contribution in [-0.4, -0.2) is 93.1 Å². The second kappa shape index (κ2) is 5.45. The summed E-state index contributed by atoms with van der Waals surface area (Å²) < 4.78 is 0. The van der Waals surface area contributed by atoms with Crippen LogP contribution in [0.15, 0.2) is 0 Å². The molecule has 0 N–H and O–H groups in total. The molecule has 2 rings (SSSR count). The molecule has 0 aromatic rings. The Morgan fingerprint density at radius 2 is 1.22 bits per heavy atom. The minimum absolute atomic E-state index is 0.250. The van der Waals surface area contributed by atoms with Crippen LogP contribution < -0.4 is 0 Å². The Balaban J connectivity index is 1.63. The fraction of sp³-hybridized carbons (Fsp3) is 0.923. The largest absolute Gasteiger partial charge is 0.324 e. The molecule has 18 heavy (non-hydrogen) atoms. The summed E-state index contributed by atoms with van der Waals surface area (Å²) in [6.45, 7) is 5.93. The highest BCUT2D eigenvalue weighted by Crippen LogP contribution is 2.23. The predicted molar refractivity (Wildman–Crippen MR) is 72.6 cm³/mol. The first-order valence-corrected chi connectivity index (χ1v) is 6.79. The average molecular weight is 254 g/mol. The van der Waals surface area contributed by atoms with Gasteiger partial charge in [-0.1, -0.05) is 0 Å². The third kappa shape index (κ3) is 3.14. The van der Waals surface area contributed by atoms with Gasteiger partial charge in [0.1, 0.15) is 0 Å². The van der Waals surface area contributed by atoms with Crippen molar-refractivity contribution in [2.75, 3.05) is 67.5 Å². The van der Waals surface area contributed by atoms with Crippen molar-refractivity contribution in [3.8, 4) is 0 Å². The van der Waals surface area contributed by atoms with E-state index < -0.39 is 0 Å². The molecule has 0 saturated carbocycles. The molecule has 2 aliphatic rings. The second-order valence-corrected chi connectivity index (χ2v) is 6.35. The maximum atomic E-state index is 12.1. The molecule has 0 unspecified atom stereocenters. The minimum Gasteiger partial charge on any atom is -0.324 e. The lowest BCUT2D eigenvalue weighted by Crippen LogP contribution is -2.62. The van der Waals surface area contributed by atoms with Crippen LogP contribution in [0.3, 0.4) is 0 Å². The molecule has 0 aliphatic carbocycles. The molecule has 2 aliphatic heterocycles. The normalized spacial score (nSPS) is 21.4. The Morgan fingerprint density at radius 3 is 1.50 bits per heavy atom. The molecule has 104 valence electrons. The molecule has 5 heteroatoms. The summed E-state index contributed by atoms with van der Waals surface area (Å²) in [5.74, 6) is 1.34. The van der Waals surface area contributed by atoms with Gasteiger partial charge in [0.2, 0.25) is 0 Å². The third-order valence-corrected chi connectivity index (χ3v) is 3.70. The fourth-order valence-corrected chi connectivity index (χ4v) is 2.92. The van der Waals surface area contributed by atoms with Crippen LogP contribution >= 0.6 is 0 Å². The van der Waals surface area contributed by atoms with Gasteiger partial charge in [-0.3, -0.25) is 0 Å². The van der Waals surface area contributed by atoms with E-state index in [-0.39, 0.29) is 6.03 Å². The average Bonchev–Trinajstić information content (AvgIpc) is 2.14. The monoisotopic (exact) mass is 254 g/mol. The third-order valence-electron chi connectivity index (χ3n) is 3.70. The Morgan fingerprint density at radius 1 is 0.889 bits per heavy atom. The van der Waals surface area contributed by atoms with Crippen LogP contribution in [0.4, 0.5) is 4.79 Å². The SMILES string of the molecule is CN(C)CC1CN(C(=O)N2CC(CN(C)C)C2)C1. The Bertz CT molecular complexity index is 265. The number of hydrogen-bond donors (Lipinski definition) is 0. The molecule has 0 aromatic carbocycles. The zero-order valence-corrected chi connectivity index (χ0v) is 12.1. The van der Waals surface area contributed by atoms with Crippen molar-refractivity contribution in [3.63, 3.8) is 0 Å². The number of urea groups is 1. The summed E-state index contributed by atoms with van der Waals surface area (Å²) in [7, 11) is 8.36. The highest BCUT2D eigenvalue weighted by atomic mass is 16.2. The Kier molecular flexibility index (Phi) is 4.12. The molecule has 0 radical (unpaired) electrons. The number of hydrogen-bond acceptors (Lipinski definition) is 3. The molecule has 0 spiro atoms. The van der Waals surface area contributed by atoms with Crippen molar-refractivity contribution in [1.82, 2.24) is 19.6 Å². The zero-order valence-electron chi connectivity index (χ0n) is 12.1. The summed E-state index contributed by atoms with van der Waals surface area (Å²) >= 11 is 0. The van der Waals surface area contributed by atoms with Crippen molar-refractivity contribution >= 4 is 6.03 Å². The van der Waals surface area contributed by atoms with Crippen LogP contribution in [0, 0.1) is 11.8 Å². The zero-order chi connectivity index (χ0) is 13.3. The first-order valence-electron chi connectivity index (χ1n) is 6.79. The van der Waals surface area contributed by atoms with E-state index in [9.17, 15) is 4.79 Å². The van der Waals surface area contributed by atoms with Gasteiger partial charge in [-0.05, 0) is 28.2 Å². The van der Waals surface area contributed by atoms with Gasteiger partial charge >= 0.3 is 6.03 Å². The lowest BCUT2D eigenvalue weighted by Gasteiger charge is -2.47. The summed E-state index contributed by atoms with van der Waals surface area (Å²) in [5.41, 5.74) is 0. The van der Waals surface area contributed by atoms with E-state index >= 15 is 0 Å². The van der Waals surface area contributed by atoms with Crippen LogP contribution in [0.25, 0.3) is 0 Å². The Hall–Kier alpha value is -0.810. The van der Waals surface area contributed by atoms with Crippen LogP contribution in [0.2, 0.25) is 0 Å². The molecule has 2 saturated heterocycles. The van der Waals surface area contributed by atoms with E-state index in [2.05, 4.69) is 38.0 Å². The molecular weight excluding hydrogens is 228 g/mol. The van der Waals surface area contributed by atoms with E-state index in [0.29, 0.717) is 11.8 Å². The van der Waals surface area contributed by atoms with Crippen LogP contribution in [0.5, 0.6) is 0 Å². The number of carbonyl (C=O) groups excluding carboxylic acids is 1. The van der Waals surface area contributed by atoms with Crippen molar-refractivity contribution < 1.29 is 4.79 Å². The van der Waals surface area contributed by atoms with E-state index in [1.54, 1.807) is 0 Å². The van der Waals surface area contributed by atoms with E-state index in [4.69, 9.17) is 0 Å². The quantitative estimate of drug-likeness (QED) is 0.712. The number of nitrogens with zero attached hydrogens (tertiary/aromatic N) is 4. The van der Waals surface area contributed by atoms with Crippen molar-refractivity contribution in [2.24, 2.45) is 11.8 Å². The van der Waals surface area contributed by atoms with Gasteiger partial charge in [-0.2, -0.15) is 0 Å². The van der Waals surface area contributed by atoms with E-state index in [0.717, 1.165) is 39.3 Å². The van der Waals surface area contributed by atoms with Gasteiger partial charge in [0, 0.05) is 51.1 Å². The van der Waals surface area contributed by atoms with Gasteiger partial charge in [-0.25, -0.2) is 4.79 Å². The summed E-state index contributed by atoms with van der Waals surface area (Å²) in [4.78, 5) is 20.5. The summed E-state index contributed by atoms with van der Waals surface area (Å²) in [6, 6.07) is 0.250. The molecule has 0 atom stereocenters. The maximum Gasteiger partial charge on any atom is 0.320 e. The first-order chi connectivity index (χ1) is 8.45. The van der Waals surface area contributed by atoms with E-state index in [1.807, 2.05) is 9.80 Å². The maximum absolute atomic E-state index is 12.1. The topological polar surface area (TPSA) is 30.0 Å². The highest BCUT2D eigenvalue weighted by molar-refractivity contribution is 5.76. The molecular formula is C13H26N4O. The van der Waals surface area contributed by atoms with Gasteiger partial charge in [0.25, 0.3) is 0 Å². The van der Waals surface area contributed by atoms with Crippen molar-refractivity contribution in [1.29, 1.82) is 0 Å². The first kappa shape index (κ1) is 13.6. The van der Waals surface area contributed by atoms with Crippen LogP contribution in [0.1, 0.15) is 0 Å². The van der Waals surface area contributed by atoms with Crippen LogP contribution in [-0.2, 0) is 0 Å². The highest BCUT2D eigenvalue weighted by Gasteiger charge is 2.38. The summed E-state index contributed by atoms with van der Waals surface area (Å²) in [5, 5.41) is 0. The minimum atomic E-state index is 0.250. The smallest absolute Gasteiger partial charge is 0.320 e. The van der Waals surface area contributed by atoms with Gasteiger partial charge < -0.3 is 19.6 Å². The second-order valence-electron chi connectivity index (χ2n) is 6.35. The molecule has 2 fully saturated rings. The fourth-order valence-electron chi connectivity index (χ4n) is 2.92. The summed E-state index contributed by atoms with van der Waals surface area (Å²) in [6.07, 6.45) is 0. The van der Waals surface area contributed by atoms with Gasteiger partial charge in [-0.15, -0.1) is 0 Å². The standard InChI is InChI=1S/C13H26N4O/c1-14(2)5-11-7-16(8-11)13(18)17-9-12(10-17)6-15(3)4/h11-12H,5-10H2,1-4H3. The molecule has 2 heterocycles.